The van der Waals surface area contributed by atoms with Crippen molar-refractivity contribution in [3.05, 3.63) is 41.2 Å². The second kappa shape index (κ2) is 3.76. The van der Waals surface area contributed by atoms with Gasteiger partial charge in [0.1, 0.15) is 0 Å². The van der Waals surface area contributed by atoms with Crippen molar-refractivity contribution in [3.8, 4) is 0 Å². The van der Waals surface area contributed by atoms with Gasteiger partial charge in [0.15, 0.2) is 0 Å². The molecule has 0 saturated carbocycles. The summed E-state index contributed by atoms with van der Waals surface area (Å²) >= 11 is 0. The van der Waals surface area contributed by atoms with Crippen molar-refractivity contribution in [1.29, 1.82) is 0 Å². The number of rotatable bonds is 2. The zero-order chi connectivity index (χ0) is 9.84. The van der Waals surface area contributed by atoms with Crippen LogP contribution < -0.4 is 0 Å². The molecule has 0 aromatic heterocycles. The molecule has 0 amide bonds. The van der Waals surface area contributed by atoms with Crippen LogP contribution >= 0.6 is 0 Å². The van der Waals surface area contributed by atoms with Gasteiger partial charge in [-0.2, -0.15) is 0 Å². The number of carboxylic acids is 1. The van der Waals surface area contributed by atoms with E-state index in [0.717, 1.165) is 5.56 Å². The van der Waals surface area contributed by atoms with E-state index in [0.29, 0.717) is 5.56 Å². The number of aliphatic hydroxyl groups is 1. The topological polar surface area (TPSA) is 57.5 Å². The molecular formula is C10H10O3. The first kappa shape index (κ1) is 9.32. The van der Waals surface area contributed by atoms with Gasteiger partial charge >= 0.3 is 5.97 Å². The highest BCUT2D eigenvalue weighted by atomic mass is 16.4. The Balaban J connectivity index is 2.92. The lowest BCUT2D eigenvalue weighted by molar-refractivity contribution is -0.135. The van der Waals surface area contributed by atoms with Gasteiger partial charge in [0.05, 0.1) is 0 Å². The number of aliphatic carboxylic acids is 1. The van der Waals surface area contributed by atoms with Gasteiger partial charge in [0.2, 0.25) is 5.76 Å². The molecule has 3 heteroatoms. The highest BCUT2D eigenvalue weighted by molar-refractivity contribution is 5.89. The normalized spacial score (nSPS) is 11.3. The molecular weight excluding hydrogens is 168 g/mol. The van der Waals surface area contributed by atoms with E-state index in [-0.39, 0.29) is 0 Å². The molecule has 0 spiro atoms. The van der Waals surface area contributed by atoms with Crippen LogP contribution in [0.5, 0.6) is 0 Å². The number of aryl methyl sites for hydroxylation is 1. The number of aliphatic hydroxyl groups excluding tert-OH is 1. The summed E-state index contributed by atoms with van der Waals surface area (Å²) < 4.78 is 0. The second-order valence-electron chi connectivity index (χ2n) is 2.75. The Hall–Kier alpha value is -1.77. The molecule has 2 N–H and O–H groups in total. The third kappa shape index (κ3) is 2.63. The molecule has 0 aliphatic rings. The minimum Gasteiger partial charge on any atom is -0.502 e. The number of carboxylic acid groups (broad SMARTS) is 1. The van der Waals surface area contributed by atoms with E-state index >= 15 is 0 Å². The number of hydrogen-bond acceptors (Lipinski definition) is 2. The van der Waals surface area contributed by atoms with E-state index in [1.165, 1.54) is 6.08 Å². The van der Waals surface area contributed by atoms with Crippen molar-refractivity contribution in [1.82, 2.24) is 0 Å². The third-order valence-electron chi connectivity index (χ3n) is 1.60. The first-order valence-corrected chi connectivity index (χ1v) is 3.80. The van der Waals surface area contributed by atoms with E-state index in [1.807, 2.05) is 19.1 Å². The van der Waals surface area contributed by atoms with Crippen LogP contribution in [0.2, 0.25) is 0 Å². The van der Waals surface area contributed by atoms with Crippen molar-refractivity contribution in [2.24, 2.45) is 0 Å². The van der Waals surface area contributed by atoms with Gasteiger partial charge in [0.25, 0.3) is 0 Å². The quantitative estimate of drug-likeness (QED) is 0.537. The molecule has 0 aliphatic carbocycles. The molecule has 0 saturated heterocycles. The molecule has 0 fully saturated rings. The largest absolute Gasteiger partial charge is 0.502 e. The van der Waals surface area contributed by atoms with Gasteiger partial charge in [-0.3, -0.25) is 0 Å². The van der Waals surface area contributed by atoms with Crippen LogP contribution in [0.25, 0.3) is 6.08 Å². The molecule has 0 heterocycles. The molecule has 13 heavy (non-hydrogen) atoms. The molecule has 1 rings (SSSR count). The van der Waals surface area contributed by atoms with Crippen LogP contribution in [0.3, 0.4) is 0 Å². The predicted molar refractivity (Wildman–Crippen MR) is 49.4 cm³/mol. The van der Waals surface area contributed by atoms with Crippen molar-refractivity contribution < 1.29 is 15.0 Å². The van der Waals surface area contributed by atoms with Crippen LogP contribution in [-0.2, 0) is 4.79 Å². The maximum Gasteiger partial charge on any atom is 0.370 e. The maximum atomic E-state index is 10.3. The fraction of sp³-hybridized carbons (Fsp3) is 0.100. The monoisotopic (exact) mass is 178 g/mol. The van der Waals surface area contributed by atoms with Crippen molar-refractivity contribution >= 4 is 12.0 Å². The lowest BCUT2D eigenvalue weighted by Crippen LogP contribution is -1.98. The fourth-order valence-electron chi connectivity index (χ4n) is 0.882. The Morgan fingerprint density at radius 3 is 2.23 bits per heavy atom. The standard InChI is InChI=1S/C10H10O3/c1-7-2-4-8(5-3-7)6-9(11)10(12)13/h2-6,11H,1H3,(H,12,13)/b9-6-. The van der Waals surface area contributed by atoms with Crippen LogP contribution in [0.15, 0.2) is 30.0 Å². The zero-order valence-electron chi connectivity index (χ0n) is 7.19. The molecule has 0 radical (unpaired) electrons. The van der Waals surface area contributed by atoms with Crippen molar-refractivity contribution in [2.45, 2.75) is 6.92 Å². The summed E-state index contributed by atoms with van der Waals surface area (Å²) in [6.07, 6.45) is 1.21. The van der Waals surface area contributed by atoms with E-state index in [2.05, 4.69) is 0 Å². The van der Waals surface area contributed by atoms with Gasteiger partial charge < -0.3 is 10.2 Å². The number of hydrogen-bond donors (Lipinski definition) is 2. The average Bonchev–Trinajstić information content (AvgIpc) is 2.08. The number of carbonyl (C=O) groups is 1. The van der Waals surface area contributed by atoms with Gasteiger partial charge in [-0.25, -0.2) is 4.79 Å². The predicted octanol–water partition coefficient (Wildman–Crippen LogP) is 1.98. The molecule has 1 aromatic carbocycles. The molecule has 0 aliphatic heterocycles. The summed E-state index contributed by atoms with van der Waals surface area (Å²) in [5.74, 6) is -1.97. The summed E-state index contributed by atoms with van der Waals surface area (Å²) in [6.45, 7) is 1.94. The maximum absolute atomic E-state index is 10.3. The third-order valence-corrected chi connectivity index (χ3v) is 1.60. The summed E-state index contributed by atoms with van der Waals surface area (Å²) in [5, 5.41) is 17.3. The first-order chi connectivity index (χ1) is 6.09. The van der Waals surface area contributed by atoms with E-state index in [9.17, 15) is 4.79 Å². The van der Waals surface area contributed by atoms with Gasteiger partial charge in [0, 0.05) is 0 Å². The van der Waals surface area contributed by atoms with Crippen LogP contribution in [0.1, 0.15) is 11.1 Å². The Morgan fingerprint density at radius 1 is 1.23 bits per heavy atom. The Bertz CT molecular complexity index is 336. The molecule has 68 valence electrons. The second-order valence-corrected chi connectivity index (χ2v) is 2.75. The van der Waals surface area contributed by atoms with Gasteiger partial charge in [-0.15, -0.1) is 0 Å². The Labute approximate surface area is 76.0 Å². The highest BCUT2D eigenvalue weighted by Crippen LogP contribution is 2.07. The molecule has 0 atom stereocenters. The van der Waals surface area contributed by atoms with E-state index in [4.69, 9.17) is 10.2 Å². The molecule has 1 aromatic rings. The molecule has 3 nitrogen and oxygen atoms in total. The highest BCUT2D eigenvalue weighted by Gasteiger charge is 2.02. The zero-order valence-corrected chi connectivity index (χ0v) is 7.19. The van der Waals surface area contributed by atoms with Crippen LogP contribution in [0.4, 0.5) is 0 Å². The summed E-state index contributed by atoms with van der Waals surface area (Å²) in [7, 11) is 0. The van der Waals surface area contributed by atoms with Gasteiger partial charge in [-0.05, 0) is 18.6 Å². The lowest BCUT2D eigenvalue weighted by atomic mass is 10.1. The van der Waals surface area contributed by atoms with Gasteiger partial charge in [-0.1, -0.05) is 29.8 Å². The number of benzene rings is 1. The van der Waals surface area contributed by atoms with E-state index < -0.39 is 11.7 Å². The van der Waals surface area contributed by atoms with Crippen molar-refractivity contribution in [3.63, 3.8) is 0 Å². The smallest absolute Gasteiger partial charge is 0.370 e. The minimum absolute atomic E-state index is 0.649. The molecule has 0 unspecified atom stereocenters. The van der Waals surface area contributed by atoms with Crippen molar-refractivity contribution in [2.75, 3.05) is 0 Å². The molecule has 0 bridgehead atoms. The summed E-state index contributed by atoms with van der Waals surface area (Å²) in [5.41, 5.74) is 1.76. The summed E-state index contributed by atoms with van der Waals surface area (Å²) in [6, 6.07) is 7.19. The Kier molecular flexibility index (Phi) is 2.69. The fourth-order valence-corrected chi connectivity index (χ4v) is 0.882. The lowest BCUT2D eigenvalue weighted by Gasteiger charge is -1.95. The average molecular weight is 178 g/mol. The van der Waals surface area contributed by atoms with Crippen LogP contribution in [0, 0.1) is 6.92 Å². The van der Waals surface area contributed by atoms with Crippen LogP contribution in [-0.4, -0.2) is 16.2 Å². The minimum atomic E-state index is -1.32. The summed E-state index contributed by atoms with van der Waals surface area (Å²) in [4.78, 5) is 10.3. The van der Waals surface area contributed by atoms with E-state index in [1.54, 1.807) is 12.1 Å². The first-order valence-electron chi connectivity index (χ1n) is 3.80. The SMILES string of the molecule is Cc1ccc(/C=C(\O)C(=O)O)cc1. The Morgan fingerprint density at radius 2 is 1.77 bits per heavy atom.